The summed E-state index contributed by atoms with van der Waals surface area (Å²) in [4.78, 5) is 17.4. The first kappa shape index (κ1) is 18.6. The molecule has 1 fully saturated rings. The van der Waals surface area contributed by atoms with Crippen LogP contribution in [0.2, 0.25) is 0 Å². The van der Waals surface area contributed by atoms with Crippen molar-refractivity contribution in [2.75, 3.05) is 40.5 Å². The average Bonchev–Trinajstić information content (AvgIpc) is 2.66. The number of rotatable bonds is 6. The van der Waals surface area contributed by atoms with E-state index >= 15 is 0 Å². The normalized spacial score (nSPS) is 16.4. The first-order chi connectivity index (χ1) is 12.6. The van der Waals surface area contributed by atoms with Crippen LogP contribution in [-0.2, 0) is 4.74 Å². The van der Waals surface area contributed by atoms with Gasteiger partial charge >= 0.3 is 0 Å². The molecule has 0 bridgehead atoms. The molecule has 1 aromatic heterocycles. The van der Waals surface area contributed by atoms with Crippen LogP contribution in [-0.4, -0.2) is 51.4 Å². The molecule has 0 aliphatic carbocycles. The number of nitrogens with zero attached hydrogens (tertiary/aromatic N) is 1. The Kier molecular flexibility index (Phi) is 5.74. The van der Waals surface area contributed by atoms with E-state index in [1.54, 1.807) is 14.2 Å². The molecule has 1 aliphatic rings. The van der Waals surface area contributed by atoms with Crippen LogP contribution < -0.4 is 15.4 Å². The summed E-state index contributed by atoms with van der Waals surface area (Å²) in [6.45, 7) is 5.05. The van der Waals surface area contributed by atoms with Gasteiger partial charge in [-0.05, 0) is 51.1 Å². The Morgan fingerprint density at radius 2 is 2.04 bits per heavy atom. The Labute approximate surface area is 154 Å². The Morgan fingerprint density at radius 3 is 2.73 bits per heavy atom. The summed E-state index contributed by atoms with van der Waals surface area (Å²) in [6.07, 6.45) is 1.99. The van der Waals surface area contributed by atoms with Crippen LogP contribution in [0.4, 0.5) is 0 Å². The lowest BCUT2D eigenvalue weighted by molar-refractivity contribution is 0.0511. The van der Waals surface area contributed by atoms with Gasteiger partial charge in [0.25, 0.3) is 5.91 Å². The fraction of sp³-hybridized carbons (Fsp3) is 0.500. The number of benzene rings is 1. The van der Waals surface area contributed by atoms with E-state index in [1.807, 2.05) is 31.2 Å². The zero-order chi connectivity index (χ0) is 18.6. The number of hydrogen-bond acceptors (Lipinski definition) is 5. The van der Waals surface area contributed by atoms with Crippen LogP contribution in [0.1, 0.15) is 28.9 Å². The fourth-order valence-electron chi connectivity index (χ4n) is 3.60. The quantitative estimate of drug-likeness (QED) is 0.830. The molecule has 2 heterocycles. The third kappa shape index (κ3) is 3.97. The lowest BCUT2D eigenvalue weighted by Gasteiger charge is -2.37. The van der Waals surface area contributed by atoms with Crippen LogP contribution in [0.5, 0.6) is 5.75 Å². The Bertz CT molecular complexity index is 780. The SMILES string of the molecule is COCC1(CNC(=O)c2cc3ccc(OC)cc3nc2C)CCNCC1. The summed E-state index contributed by atoms with van der Waals surface area (Å²) in [5, 5.41) is 7.40. The second-order valence-electron chi connectivity index (χ2n) is 7.05. The molecule has 1 amide bonds. The van der Waals surface area contributed by atoms with Gasteiger partial charge in [0.05, 0.1) is 30.5 Å². The summed E-state index contributed by atoms with van der Waals surface area (Å²) < 4.78 is 10.7. The minimum atomic E-state index is -0.0817. The van der Waals surface area contributed by atoms with Gasteiger partial charge in [-0.25, -0.2) is 0 Å². The number of carbonyl (C=O) groups excluding carboxylic acids is 1. The maximum atomic E-state index is 12.8. The zero-order valence-corrected chi connectivity index (χ0v) is 15.7. The van der Waals surface area contributed by atoms with Crippen molar-refractivity contribution < 1.29 is 14.3 Å². The largest absolute Gasteiger partial charge is 0.497 e. The number of pyridine rings is 1. The number of aryl methyl sites for hydroxylation is 1. The number of amides is 1. The van der Waals surface area contributed by atoms with Crippen LogP contribution in [0.15, 0.2) is 24.3 Å². The third-order valence-electron chi connectivity index (χ3n) is 5.20. The highest BCUT2D eigenvalue weighted by Gasteiger charge is 2.32. The number of nitrogens with one attached hydrogen (secondary N) is 2. The molecule has 6 nitrogen and oxygen atoms in total. The Balaban J connectivity index is 1.77. The van der Waals surface area contributed by atoms with Crippen LogP contribution in [0.3, 0.4) is 0 Å². The van der Waals surface area contributed by atoms with Crippen molar-refractivity contribution in [3.8, 4) is 5.75 Å². The highest BCUT2D eigenvalue weighted by Crippen LogP contribution is 2.28. The van der Waals surface area contributed by atoms with Gasteiger partial charge in [0.15, 0.2) is 0 Å². The van der Waals surface area contributed by atoms with Gasteiger partial charge < -0.3 is 20.1 Å². The maximum absolute atomic E-state index is 12.8. The van der Waals surface area contributed by atoms with Crippen molar-refractivity contribution >= 4 is 16.8 Å². The maximum Gasteiger partial charge on any atom is 0.253 e. The first-order valence-electron chi connectivity index (χ1n) is 9.00. The van der Waals surface area contributed by atoms with E-state index in [0.717, 1.165) is 42.6 Å². The molecule has 1 aromatic carbocycles. The van der Waals surface area contributed by atoms with Gasteiger partial charge in [-0.1, -0.05) is 0 Å². The summed E-state index contributed by atoms with van der Waals surface area (Å²) in [6, 6.07) is 7.59. The van der Waals surface area contributed by atoms with Crippen molar-refractivity contribution in [1.82, 2.24) is 15.6 Å². The van der Waals surface area contributed by atoms with Crippen molar-refractivity contribution in [1.29, 1.82) is 0 Å². The van der Waals surface area contributed by atoms with Gasteiger partial charge in [-0.2, -0.15) is 0 Å². The molecular formula is C20H27N3O3. The number of fused-ring (bicyclic) bond motifs is 1. The van der Waals surface area contributed by atoms with E-state index in [2.05, 4.69) is 15.6 Å². The number of piperidine rings is 1. The monoisotopic (exact) mass is 357 g/mol. The van der Waals surface area contributed by atoms with Crippen LogP contribution in [0.25, 0.3) is 10.9 Å². The number of carbonyl (C=O) groups is 1. The third-order valence-corrected chi connectivity index (χ3v) is 5.20. The van der Waals surface area contributed by atoms with Gasteiger partial charge in [-0.15, -0.1) is 0 Å². The number of aromatic nitrogens is 1. The molecular weight excluding hydrogens is 330 g/mol. The molecule has 6 heteroatoms. The highest BCUT2D eigenvalue weighted by molar-refractivity contribution is 5.98. The number of ether oxygens (including phenoxy) is 2. The second-order valence-corrected chi connectivity index (χ2v) is 7.05. The van der Waals surface area contributed by atoms with Gasteiger partial charge in [0, 0.05) is 30.5 Å². The smallest absolute Gasteiger partial charge is 0.253 e. The molecule has 0 atom stereocenters. The fourth-order valence-corrected chi connectivity index (χ4v) is 3.60. The molecule has 26 heavy (non-hydrogen) atoms. The molecule has 0 spiro atoms. The van der Waals surface area contributed by atoms with E-state index in [1.165, 1.54) is 0 Å². The predicted octanol–water partition coefficient (Wildman–Crippen LogP) is 2.30. The number of methoxy groups -OCH3 is 2. The minimum absolute atomic E-state index is 0.00120. The molecule has 2 aromatic rings. The first-order valence-corrected chi connectivity index (χ1v) is 9.00. The lowest BCUT2D eigenvalue weighted by atomic mass is 9.79. The summed E-state index contributed by atoms with van der Waals surface area (Å²) in [7, 11) is 3.35. The van der Waals surface area contributed by atoms with E-state index in [0.29, 0.717) is 24.4 Å². The average molecular weight is 357 g/mol. The van der Waals surface area contributed by atoms with Crippen LogP contribution in [0, 0.1) is 12.3 Å². The van der Waals surface area contributed by atoms with E-state index < -0.39 is 0 Å². The molecule has 3 rings (SSSR count). The highest BCUT2D eigenvalue weighted by atomic mass is 16.5. The molecule has 0 unspecified atom stereocenters. The Morgan fingerprint density at radius 1 is 1.27 bits per heavy atom. The van der Waals surface area contributed by atoms with E-state index in [9.17, 15) is 4.79 Å². The van der Waals surface area contributed by atoms with Gasteiger partial charge in [0.1, 0.15) is 5.75 Å². The van der Waals surface area contributed by atoms with Gasteiger partial charge in [0.2, 0.25) is 0 Å². The molecule has 0 radical (unpaired) electrons. The predicted molar refractivity (Wildman–Crippen MR) is 102 cm³/mol. The molecule has 1 aliphatic heterocycles. The van der Waals surface area contributed by atoms with E-state index in [-0.39, 0.29) is 11.3 Å². The summed E-state index contributed by atoms with van der Waals surface area (Å²) in [5.41, 5.74) is 2.16. The lowest BCUT2D eigenvalue weighted by Crippen LogP contribution is -2.47. The molecule has 2 N–H and O–H groups in total. The minimum Gasteiger partial charge on any atom is -0.497 e. The van der Waals surface area contributed by atoms with Crippen molar-refractivity contribution in [3.63, 3.8) is 0 Å². The van der Waals surface area contributed by atoms with Crippen LogP contribution >= 0.6 is 0 Å². The molecule has 140 valence electrons. The van der Waals surface area contributed by atoms with Crippen molar-refractivity contribution in [2.45, 2.75) is 19.8 Å². The zero-order valence-electron chi connectivity index (χ0n) is 15.7. The standard InChI is InChI=1S/C20H27N3O3/c1-14-17(10-15-4-5-16(26-3)11-18(15)23-14)19(24)22-12-20(13-25-2)6-8-21-9-7-20/h4-5,10-11,21H,6-9,12-13H2,1-3H3,(H,22,24). The second kappa shape index (κ2) is 8.01. The summed E-state index contributed by atoms with van der Waals surface area (Å²) >= 11 is 0. The molecule has 0 saturated carbocycles. The topological polar surface area (TPSA) is 72.5 Å². The van der Waals surface area contributed by atoms with Gasteiger partial charge in [-0.3, -0.25) is 9.78 Å². The van der Waals surface area contributed by atoms with Crippen molar-refractivity contribution in [3.05, 3.63) is 35.5 Å². The number of hydrogen-bond donors (Lipinski definition) is 2. The molecule has 1 saturated heterocycles. The van der Waals surface area contributed by atoms with E-state index in [4.69, 9.17) is 9.47 Å². The summed E-state index contributed by atoms with van der Waals surface area (Å²) in [5.74, 6) is 0.677. The Hall–Kier alpha value is -2.18. The van der Waals surface area contributed by atoms with Crippen molar-refractivity contribution in [2.24, 2.45) is 5.41 Å².